The third-order valence-electron chi connectivity index (χ3n) is 3.64. The summed E-state index contributed by atoms with van der Waals surface area (Å²) in [5, 5.41) is 1.68. The van der Waals surface area contributed by atoms with Crippen LogP contribution in [0, 0.1) is 0 Å². The maximum atomic E-state index is 2.47. The Morgan fingerprint density at radius 2 is 1.57 bits per heavy atom. The molecule has 2 aromatic carbocycles. The van der Waals surface area contributed by atoms with Crippen molar-refractivity contribution in [3.8, 4) is 11.1 Å². The summed E-state index contributed by atoms with van der Waals surface area (Å²) in [5.74, 6) is 0. The Bertz CT molecular complexity index is 638. The second-order valence-electron chi connectivity index (χ2n) is 5.07. The van der Waals surface area contributed by atoms with E-state index in [0.29, 0.717) is 0 Å². The monoisotopic (exact) mass is 503 g/mol. The number of halogens is 2. The summed E-state index contributed by atoms with van der Waals surface area (Å²) in [6, 6.07) is 17.6. The Balaban J connectivity index is 0.00000110. The van der Waals surface area contributed by atoms with Crippen LogP contribution in [0.15, 0.2) is 53.8 Å². The second kappa shape index (κ2) is 8.06. The molecule has 0 saturated heterocycles. The summed E-state index contributed by atoms with van der Waals surface area (Å²) >= 11 is 1.22. The predicted octanol–water partition coefficient (Wildman–Crippen LogP) is 5.88. The van der Waals surface area contributed by atoms with E-state index in [1.807, 2.05) is 0 Å². The van der Waals surface area contributed by atoms with Crippen LogP contribution in [0.1, 0.15) is 14.8 Å². The molecule has 0 bridgehead atoms. The molecule has 0 N–H and O–H groups in total. The Hall–Kier alpha value is 0.0601. The van der Waals surface area contributed by atoms with Crippen molar-refractivity contribution in [1.29, 1.82) is 0 Å². The van der Waals surface area contributed by atoms with Crippen LogP contribution in [0.2, 0.25) is 0 Å². The Labute approximate surface area is 155 Å². The first-order valence-corrected chi connectivity index (χ1v) is 10.8. The molecule has 0 spiro atoms. The maximum Gasteiger partial charge on any atom is -0.147 e. The van der Waals surface area contributed by atoms with Crippen molar-refractivity contribution in [2.75, 3.05) is 13.3 Å². The largest absolute Gasteiger partial charge is 0.147 e. The average molecular weight is 503 g/mol. The molecule has 2 aromatic rings. The number of rotatable bonds is 2. The number of hydrogen-bond acceptors (Lipinski definition) is 0. The van der Waals surface area contributed by atoms with E-state index in [0.717, 1.165) is 3.67 Å². The summed E-state index contributed by atoms with van der Waals surface area (Å²) in [6.45, 7) is 4.75. The molecule has 1 aliphatic carbocycles. The quantitative estimate of drug-likeness (QED) is 0.355. The van der Waals surface area contributed by atoms with Gasteiger partial charge in [0.2, 0.25) is 0 Å². The molecule has 0 fully saturated rings. The fraction of sp³-hybridized carbons (Fsp3) is 0.176. The first kappa shape index (κ1) is 19.1. The van der Waals surface area contributed by atoms with Crippen molar-refractivity contribution < 1.29 is 24.4 Å². The molecule has 0 aromatic heterocycles. The number of allylic oxidation sites excluding steroid dienone is 1. The van der Waals surface area contributed by atoms with Gasteiger partial charge in [-0.3, -0.25) is 0 Å². The van der Waals surface area contributed by atoms with Gasteiger partial charge in [0.1, 0.15) is 0 Å². The third kappa shape index (κ3) is 3.70. The van der Waals surface area contributed by atoms with Crippen LogP contribution in [0.3, 0.4) is 0 Å². The van der Waals surface area contributed by atoms with Crippen LogP contribution in [0.5, 0.6) is 0 Å². The zero-order valence-electron chi connectivity index (χ0n) is 12.0. The smallest absolute Gasteiger partial charge is 0.147 e. The SMILES string of the molecule is CP(C)C1=Cc2c(-c3ccccc3)cccc2[CH]1[Hf].Cl.Cl. The van der Waals surface area contributed by atoms with E-state index >= 15 is 0 Å². The van der Waals surface area contributed by atoms with E-state index < -0.39 is 0 Å². The number of fused-ring (bicyclic) bond motifs is 1. The first-order valence-electron chi connectivity index (χ1n) is 6.47. The van der Waals surface area contributed by atoms with E-state index in [2.05, 4.69) is 67.9 Å². The van der Waals surface area contributed by atoms with Gasteiger partial charge < -0.3 is 0 Å². The minimum Gasteiger partial charge on any atom is -0.147 e. The number of hydrogen-bond donors (Lipinski definition) is 0. The van der Waals surface area contributed by atoms with Crippen LogP contribution in [-0.2, 0) is 24.4 Å². The summed E-state index contributed by atoms with van der Waals surface area (Å²) in [7, 11) is 0.0273. The molecule has 109 valence electrons. The standard InChI is InChI=1S/C17H16P.2ClH.Hf/c1-18(2)15-11-14-9-6-10-16(17(14)12-15)13-7-4-3-5-8-13;;;/h3-12H,1-2H3;2*1H;. The molecule has 1 aliphatic rings. The summed E-state index contributed by atoms with van der Waals surface area (Å²) in [6.07, 6.45) is 2.47. The van der Waals surface area contributed by atoms with E-state index in [1.165, 1.54) is 41.1 Å². The molecule has 3 rings (SSSR count). The Kier molecular flexibility index (Phi) is 7.34. The van der Waals surface area contributed by atoms with Crippen molar-refractivity contribution in [2.45, 2.75) is 3.67 Å². The van der Waals surface area contributed by atoms with Crippen LogP contribution in [0.25, 0.3) is 17.2 Å². The maximum absolute atomic E-state index is 2.47. The molecule has 0 aliphatic heterocycles. The van der Waals surface area contributed by atoms with Crippen LogP contribution >= 0.6 is 32.7 Å². The van der Waals surface area contributed by atoms with E-state index in [-0.39, 0.29) is 32.7 Å². The van der Waals surface area contributed by atoms with Crippen molar-refractivity contribution in [2.24, 2.45) is 0 Å². The fourth-order valence-corrected chi connectivity index (χ4v) is 7.67. The van der Waals surface area contributed by atoms with Gasteiger partial charge in [0.15, 0.2) is 0 Å². The van der Waals surface area contributed by atoms with Gasteiger partial charge in [0.25, 0.3) is 0 Å². The topological polar surface area (TPSA) is 0 Å². The van der Waals surface area contributed by atoms with Crippen molar-refractivity contribution in [1.82, 2.24) is 0 Å². The van der Waals surface area contributed by atoms with Gasteiger partial charge in [-0.2, -0.15) is 0 Å². The van der Waals surface area contributed by atoms with E-state index in [4.69, 9.17) is 0 Å². The Morgan fingerprint density at radius 3 is 2.19 bits per heavy atom. The van der Waals surface area contributed by atoms with Gasteiger partial charge in [-0.15, -0.1) is 24.8 Å². The molecule has 21 heavy (non-hydrogen) atoms. The van der Waals surface area contributed by atoms with Gasteiger partial charge in [-0.25, -0.2) is 0 Å². The van der Waals surface area contributed by atoms with Crippen LogP contribution < -0.4 is 0 Å². The third-order valence-corrected chi connectivity index (χ3v) is 8.17. The minimum absolute atomic E-state index is 0. The van der Waals surface area contributed by atoms with Crippen molar-refractivity contribution >= 4 is 38.8 Å². The molecular formula is C17H18Cl2HfP. The van der Waals surface area contributed by atoms with Crippen molar-refractivity contribution in [3.63, 3.8) is 0 Å². The minimum atomic E-state index is 0. The van der Waals surface area contributed by atoms with Crippen molar-refractivity contribution in [3.05, 3.63) is 65.0 Å². The molecular weight excluding hydrogens is 485 g/mol. The molecule has 4 heteroatoms. The first-order chi connectivity index (χ1) is 9.18. The summed E-state index contributed by atoms with van der Waals surface area (Å²) in [5.41, 5.74) is 5.76. The van der Waals surface area contributed by atoms with E-state index in [1.54, 1.807) is 10.9 Å². The van der Waals surface area contributed by atoms with Gasteiger partial charge in [0, 0.05) is 0 Å². The van der Waals surface area contributed by atoms with Crippen LogP contribution in [0.4, 0.5) is 0 Å². The normalized spacial score (nSPS) is 15.7. The second-order valence-corrected chi connectivity index (χ2v) is 9.45. The molecule has 0 saturated carbocycles. The molecule has 0 radical (unpaired) electrons. The van der Waals surface area contributed by atoms with Gasteiger partial charge in [0.05, 0.1) is 0 Å². The average Bonchev–Trinajstić information content (AvgIpc) is 2.78. The fourth-order valence-electron chi connectivity index (χ4n) is 2.64. The molecule has 0 nitrogen and oxygen atoms in total. The van der Waals surface area contributed by atoms with Crippen LogP contribution in [-0.4, -0.2) is 13.3 Å². The molecule has 0 amide bonds. The number of benzene rings is 2. The van der Waals surface area contributed by atoms with Gasteiger partial charge in [-0.05, 0) is 0 Å². The van der Waals surface area contributed by atoms with E-state index in [9.17, 15) is 0 Å². The summed E-state index contributed by atoms with van der Waals surface area (Å²) in [4.78, 5) is 0. The summed E-state index contributed by atoms with van der Waals surface area (Å²) < 4.78 is 0.722. The predicted molar refractivity (Wildman–Crippen MR) is 95.9 cm³/mol. The van der Waals surface area contributed by atoms with Gasteiger partial charge in [-0.1, -0.05) is 0 Å². The molecule has 1 atom stereocenters. The Morgan fingerprint density at radius 1 is 0.905 bits per heavy atom. The molecule has 0 heterocycles. The zero-order valence-corrected chi connectivity index (χ0v) is 18.2. The molecule has 1 unspecified atom stereocenters. The zero-order chi connectivity index (χ0) is 13.4. The van der Waals surface area contributed by atoms with Gasteiger partial charge >= 0.3 is 131 Å².